The van der Waals surface area contributed by atoms with Crippen LogP contribution in [0.5, 0.6) is 0 Å². The summed E-state index contributed by atoms with van der Waals surface area (Å²) in [7, 11) is 2.29. The molecule has 1 aliphatic heterocycles. The summed E-state index contributed by atoms with van der Waals surface area (Å²) in [6, 6.07) is 9.93. The van der Waals surface area contributed by atoms with Crippen molar-refractivity contribution in [3.8, 4) is 0 Å². The summed E-state index contributed by atoms with van der Waals surface area (Å²) in [6.45, 7) is 8.48. The fourth-order valence-electron chi connectivity index (χ4n) is 2.98. The zero-order valence-electron chi connectivity index (χ0n) is 18.0. The summed E-state index contributed by atoms with van der Waals surface area (Å²) >= 11 is 0. The van der Waals surface area contributed by atoms with Gasteiger partial charge in [0, 0.05) is 28.2 Å². The van der Waals surface area contributed by atoms with Gasteiger partial charge in [-0.1, -0.05) is 57.0 Å². The van der Waals surface area contributed by atoms with Gasteiger partial charge in [0.2, 0.25) is 0 Å². The maximum absolute atomic E-state index is 6.19. The molecule has 1 aliphatic rings. The Hall–Kier alpha value is -0.590. The number of unbranched alkanes of at least 4 members (excludes halogenated alkanes) is 2. The third-order valence-electron chi connectivity index (χ3n) is 4.85. The van der Waals surface area contributed by atoms with Gasteiger partial charge >= 0.3 is 0 Å². The van der Waals surface area contributed by atoms with Crippen LogP contribution in [0.25, 0.3) is 0 Å². The highest BCUT2D eigenvalue weighted by atomic mass is 31.0. The highest BCUT2D eigenvalue weighted by Crippen LogP contribution is 2.28. The van der Waals surface area contributed by atoms with E-state index in [4.69, 9.17) is 28.2 Å². The molecule has 0 aliphatic carbocycles. The Bertz CT molecular complexity index is 531. The molecule has 0 N–H and O–H groups in total. The fraction of sp³-hybridized carbons (Fsp3) is 0.727. The first-order valence-corrected chi connectivity index (χ1v) is 11.2. The van der Waals surface area contributed by atoms with Crippen molar-refractivity contribution in [1.29, 1.82) is 0 Å². The van der Waals surface area contributed by atoms with E-state index in [2.05, 4.69) is 23.3 Å². The minimum absolute atomic E-state index is 0.145. The van der Waals surface area contributed by atoms with Crippen LogP contribution in [0.1, 0.15) is 58.3 Å². The normalized spacial score (nSPS) is 24.3. The molecule has 0 aromatic heterocycles. The van der Waals surface area contributed by atoms with Crippen LogP contribution in [0.3, 0.4) is 0 Å². The topological polar surface area (TPSA) is 55.4 Å². The lowest BCUT2D eigenvalue weighted by Gasteiger charge is -2.37. The van der Waals surface area contributed by atoms with E-state index in [1.165, 1.54) is 0 Å². The van der Waals surface area contributed by atoms with Gasteiger partial charge in [0.15, 0.2) is 12.6 Å². The van der Waals surface area contributed by atoms with Gasteiger partial charge in [-0.3, -0.25) is 0 Å². The van der Waals surface area contributed by atoms with Crippen LogP contribution >= 0.6 is 9.47 Å². The molecule has 1 aromatic rings. The van der Waals surface area contributed by atoms with Gasteiger partial charge in [0.1, 0.15) is 12.2 Å². The second-order valence-electron chi connectivity index (χ2n) is 7.29. The van der Waals surface area contributed by atoms with Crippen molar-refractivity contribution in [1.82, 2.24) is 0 Å². The Morgan fingerprint density at radius 1 is 1.10 bits per heavy atom. The lowest BCUT2D eigenvalue weighted by Crippen LogP contribution is -2.46. The minimum Gasteiger partial charge on any atom is -0.379 e. The molecule has 0 saturated carbocycles. The molecule has 3 unspecified atom stereocenters. The van der Waals surface area contributed by atoms with Crippen LogP contribution in [-0.4, -0.2) is 51.0 Å². The Labute approximate surface area is 177 Å². The van der Waals surface area contributed by atoms with Crippen molar-refractivity contribution in [3.63, 3.8) is 0 Å². The molecule has 1 heterocycles. The summed E-state index contributed by atoms with van der Waals surface area (Å²) in [4.78, 5) is 0. The van der Waals surface area contributed by atoms with Crippen LogP contribution in [0, 0.1) is 0 Å². The van der Waals surface area contributed by atoms with Crippen LogP contribution in [0.15, 0.2) is 30.3 Å². The van der Waals surface area contributed by atoms with E-state index in [1.54, 1.807) is 0 Å². The maximum Gasteiger partial charge on any atom is 0.189 e. The highest BCUT2D eigenvalue weighted by Gasteiger charge is 2.35. The van der Waals surface area contributed by atoms with Crippen molar-refractivity contribution in [2.24, 2.45) is 0 Å². The smallest absolute Gasteiger partial charge is 0.189 e. The third kappa shape index (κ3) is 8.58. The van der Waals surface area contributed by atoms with E-state index in [-0.39, 0.29) is 24.6 Å². The molecular weight excluding hydrogens is 391 g/mol. The molecule has 0 radical (unpaired) electrons. The SMILES string of the molecule is CCCCOC[C@H](OCCCC)[C@H](OP)OC1COC(c2ccccc2)O[C@@H]1C. The first-order valence-electron chi connectivity index (χ1n) is 10.7. The van der Waals surface area contributed by atoms with Gasteiger partial charge in [-0.2, -0.15) is 0 Å². The summed E-state index contributed by atoms with van der Waals surface area (Å²) in [5, 5.41) is 0. The van der Waals surface area contributed by atoms with E-state index >= 15 is 0 Å². The Morgan fingerprint density at radius 2 is 1.83 bits per heavy atom. The molecule has 1 aromatic carbocycles. The van der Waals surface area contributed by atoms with E-state index < -0.39 is 6.29 Å². The third-order valence-corrected chi connectivity index (χ3v) is 5.11. The molecule has 166 valence electrons. The highest BCUT2D eigenvalue weighted by molar-refractivity contribution is 7.09. The second kappa shape index (κ2) is 14.4. The molecule has 0 amide bonds. The Balaban J connectivity index is 1.90. The number of hydrogen-bond acceptors (Lipinski definition) is 6. The fourth-order valence-corrected chi connectivity index (χ4v) is 3.22. The second-order valence-corrected chi connectivity index (χ2v) is 7.56. The van der Waals surface area contributed by atoms with Gasteiger partial charge in [-0.05, 0) is 19.8 Å². The van der Waals surface area contributed by atoms with Crippen LogP contribution in [0.4, 0.5) is 0 Å². The summed E-state index contributed by atoms with van der Waals surface area (Å²) < 4.78 is 35.5. The van der Waals surface area contributed by atoms with Crippen LogP contribution in [-0.2, 0) is 28.2 Å². The first-order chi connectivity index (χ1) is 14.2. The van der Waals surface area contributed by atoms with Crippen molar-refractivity contribution in [2.45, 2.75) is 77.3 Å². The Kier molecular flexibility index (Phi) is 12.3. The van der Waals surface area contributed by atoms with E-state index in [0.29, 0.717) is 26.4 Å². The number of benzene rings is 1. The van der Waals surface area contributed by atoms with Crippen molar-refractivity contribution in [2.75, 3.05) is 26.4 Å². The molecule has 2 rings (SSSR count). The molecule has 0 bridgehead atoms. The van der Waals surface area contributed by atoms with E-state index in [9.17, 15) is 0 Å². The lowest BCUT2D eigenvalue weighted by molar-refractivity contribution is -0.294. The van der Waals surface area contributed by atoms with E-state index in [1.807, 2.05) is 37.3 Å². The number of ether oxygens (including phenoxy) is 5. The van der Waals surface area contributed by atoms with Gasteiger partial charge < -0.3 is 28.2 Å². The first kappa shape index (κ1) is 24.7. The summed E-state index contributed by atoms with van der Waals surface area (Å²) in [5.74, 6) is 0. The lowest BCUT2D eigenvalue weighted by atomic mass is 10.1. The van der Waals surface area contributed by atoms with Crippen molar-refractivity contribution >= 4 is 9.47 Å². The maximum atomic E-state index is 6.19. The standard InChI is InChI=1S/C22H37O6P/c1-4-6-13-23-15-20(24-14-7-5-2)22(28-29)27-19-16-25-21(26-17(19)3)18-11-9-8-10-12-18/h8-12,17,19-22H,4-7,13-16,29H2,1-3H3/t17-,19?,20+,21?,22+/m1/s1. The molecule has 29 heavy (non-hydrogen) atoms. The quantitative estimate of drug-likeness (QED) is 0.244. The predicted molar refractivity (Wildman–Crippen MR) is 116 cm³/mol. The van der Waals surface area contributed by atoms with Gasteiger partial charge in [0.05, 0.1) is 19.3 Å². The molecule has 6 nitrogen and oxygen atoms in total. The average molecular weight is 429 g/mol. The van der Waals surface area contributed by atoms with Crippen LogP contribution in [0.2, 0.25) is 0 Å². The average Bonchev–Trinajstić information content (AvgIpc) is 2.75. The van der Waals surface area contributed by atoms with Gasteiger partial charge in [0.25, 0.3) is 0 Å². The summed E-state index contributed by atoms with van der Waals surface area (Å²) in [6.07, 6.45) is 2.51. The van der Waals surface area contributed by atoms with Gasteiger partial charge in [-0.15, -0.1) is 0 Å². The zero-order valence-corrected chi connectivity index (χ0v) is 19.1. The number of rotatable bonds is 14. The van der Waals surface area contributed by atoms with Crippen LogP contribution < -0.4 is 0 Å². The van der Waals surface area contributed by atoms with Crippen molar-refractivity contribution < 1.29 is 28.2 Å². The molecule has 1 saturated heterocycles. The van der Waals surface area contributed by atoms with Gasteiger partial charge in [-0.25, -0.2) is 0 Å². The minimum atomic E-state index is -0.577. The molecule has 6 atom stereocenters. The molecule has 7 heteroatoms. The van der Waals surface area contributed by atoms with E-state index in [0.717, 1.165) is 31.2 Å². The van der Waals surface area contributed by atoms with Crippen molar-refractivity contribution in [3.05, 3.63) is 35.9 Å². The predicted octanol–water partition coefficient (Wildman–Crippen LogP) is 4.64. The number of hydrogen-bond donors (Lipinski definition) is 0. The molecule has 0 spiro atoms. The largest absolute Gasteiger partial charge is 0.379 e. The molecule has 1 fully saturated rings. The summed E-state index contributed by atoms with van der Waals surface area (Å²) in [5.41, 5.74) is 1.00. The zero-order chi connectivity index (χ0) is 20.9. The molecular formula is C22H37O6P. The monoisotopic (exact) mass is 428 g/mol. The Morgan fingerprint density at radius 3 is 2.48 bits per heavy atom.